The Morgan fingerprint density at radius 3 is 2.52 bits per heavy atom. The van der Waals surface area contributed by atoms with Crippen LogP contribution in [0.2, 0.25) is 0 Å². The number of hydrogen-bond acceptors (Lipinski definition) is 8. The van der Waals surface area contributed by atoms with E-state index in [-0.39, 0.29) is 34.9 Å². The Labute approximate surface area is 178 Å². The van der Waals surface area contributed by atoms with Gasteiger partial charge in [0.1, 0.15) is 11.5 Å². The van der Waals surface area contributed by atoms with E-state index >= 15 is 0 Å². The molecule has 2 aliphatic rings. The van der Waals surface area contributed by atoms with Gasteiger partial charge in [0, 0.05) is 25.2 Å². The standard InChI is InChI=1S/C20H19N3O7S/c24-19-15-5-1-2-6-18(15)31(28,29)22(19)11-12-30-20(25)16-13-14(23(26)27)7-8-17(16)21-9-3-4-10-21/h1-2,5-8,13H,3-4,9-12H2. The van der Waals surface area contributed by atoms with E-state index in [9.17, 15) is 28.1 Å². The van der Waals surface area contributed by atoms with Gasteiger partial charge in [-0.25, -0.2) is 17.5 Å². The Morgan fingerprint density at radius 2 is 1.84 bits per heavy atom. The number of carbonyl (C=O) groups is 2. The molecule has 2 aromatic rings. The fourth-order valence-corrected chi connectivity index (χ4v) is 5.34. The minimum absolute atomic E-state index is 0.0370. The number of benzene rings is 2. The van der Waals surface area contributed by atoms with Gasteiger partial charge in [0.2, 0.25) is 0 Å². The zero-order chi connectivity index (χ0) is 22.2. The van der Waals surface area contributed by atoms with E-state index in [1.807, 2.05) is 4.90 Å². The maximum absolute atomic E-state index is 12.7. The van der Waals surface area contributed by atoms with Crippen LogP contribution in [0.3, 0.4) is 0 Å². The third-order valence-electron chi connectivity index (χ3n) is 5.30. The number of fused-ring (bicyclic) bond motifs is 1. The number of carbonyl (C=O) groups excluding carboxylic acids is 2. The Kier molecular flexibility index (Phi) is 5.36. The van der Waals surface area contributed by atoms with Crippen LogP contribution in [-0.2, 0) is 14.8 Å². The van der Waals surface area contributed by atoms with Gasteiger partial charge in [-0.15, -0.1) is 0 Å². The molecule has 0 unspecified atom stereocenters. The Balaban J connectivity index is 1.50. The van der Waals surface area contributed by atoms with Gasteiger partial charge < -0.3 is 9.64 Å². The van der Waals surface area contributed by atoms with Crippen molar-refractivity contribution < 1.29 is 27.7 Å². The number of nitro benzene ring substituents is 1. The number of ether oxygens (including phenoxy) is 1. The highest BCUT2D eigenvalue weighted by Crippen LogP contribution is 2.31. The van der Waals surface area contributed by atoms with E-state index in [1.54, 1.807) is 6.07 Å². The summed E-state index contributed by atoms with van der Waals surface area (Å²) in [4.78, 5) is 37.5. The minimum atomic E-state index is -4.00. The number of nitrogens with zero attached hydrogens (tertiary/aromatic N) is 3. The maximum atomic E-state index is 12.7. The van der Waals surface area contributed by atoms with Gasteiger partial charge in [-0.2, -0.15) is 0 Å². The van der Waals surface area contributed by atoms with Crippen LogP contribution in [0.5, 0.6) is 0 Å². The number of anilines is 1. The van der Waals surface area contributed by atoms with Gasteiger partial charge in [-0.3, -0.25) is 14.9 Å². The lowest BCUT2D eigenvalue weighted by atomic mass is 10.1. The van der Waals surface area contributed by atoms with Crippen LogP contribution in [-0.4, -0.2) is 55.8 Å². The summed E-state index contributed by atoms with van der Waals surface area (Å²) in [6.45, 7) is 0.712. The molecule has 0 N–H and O–H groups in total. The molecular formula is C20H19N3O7S. The summed E-state index contributed by atoms with van der Waals surface area (Å²) in [7, 11) is -4.00. The molecule has 4 rings (SSSR count). The quantitative estimate of drug-likeness (QED) is 0.376. The van der Waals surface area contributed by atoms with Crippen LogP contribution in [0.25, 0.3) is 0 Å². The van der Waals surface area contributed by atoms with E-state index in [4.69, 9.17) is 4.74 Å². The molecule has 2 aromatic carbocycles. The number of non-ortho nitro benzene ring substituents is 1. The molecule has 0 radical (unpaired) electrons. The van der Waals surface area contributed by atoms with E-state index in [0.717, 1.165) is 32.0 Å². The molecule has 0 spiro atoms. The van der Waals surface area contributed by atoms with Crippen LogP contribution in [0.1, 0.15) is 33.6 Å². The number of esters is 1. The zero-order valence-electron chi connectivity index (χ0n) is 16.4. The van der Waals surface area contributed by atoms with Crippen LogP contribution in [0.15, 0.2) is 47.4 Å². The molecular weight excluding hydrogens is 426 g/mol. The fourth-order valence-electron chi connectivity index (χ4n) is 3.79. The third-order valence-corrected chi connectivity index (χ3v) is 7.14. The van der Waals surface area contributed by atoms with Crippen LogP contribution in [0, 0.1) is 10.1 Å². The van der Waals surface area contributed by atoms with E-state index < -0.39 is 26.8 Å². The normalized spacial score (nSPS) is 17.0. The second-order valence-electron chi connectivity index (χ2n) is 7.17. The molecule has 162 valence electrons. The zero-order valence-corrected chi connectivity index (χ0v) is 17.2. The monoisotopic (exact) mass is 445 g/mol. The van der Waals surface area contributed by atoms with Crippen molar-refractivity contribution in [3.05, 3.63) is 63.7 Å². The first-order valence-corrected chi connectivity index (χ1v) is 11.1. The van der Waals surface area contributed by atoms with Crippen LogP contribution >= 0.6 is 0 Å². The predicted molar refractivity (Wildman–Crippen MR) is 109 cm³/mol. The van der Waals surface area contributed by atoms with Gasteiger partial charge in [0.05, 0.1) is 28.3 Å². The Morgan fingerprint density at radius 1 is 1.13 bits per heavy atom. The second-order valence-corrected chi connectivity index (χ2v) is 9.00. The van der Waals surface area contributed by atoms with E-state index in [0.29, 0.717) is 9.99 Å². The van der Waals surface area contributed by atoms with Crippen LogP contribution in [0.4, 0.5) is 11.4 Å². The molecule has 0 atom stereocenters. The molecule has 0 aromatic heterocycles. The van der Waals surface area contributed by atoms with Gasteiger partial charge >= 0.3 is 5.97 Å². The lowest BCUT2D eigenvalue weighted by Crippen LogP contribution is -2.33. The van der Waals surface area contributed by atoms with E-state index in [2.05, 4.69) is 0 Å². The number of hydrogen-bond donors (Lipinski definition) is 0. The first-order chi connectivity index (χ1) is 14.8. The number of sulfonamides is 1. The highest BCUT2D eigenvalue weighted by Gasteiger charge is 2.40. The first-order valence-electron chi connectivity index (χ1n) is 9.67. The number of rotatable bonds is 6. The molecule has 1 amide bonds. The van der Waals surface area contributed by atoms with Crippen LogP contribution < -0.4 is 4.90 Å². The summed E-state index contributed by atoms with van der Waals surface area (Å²) in [6.07, 6.45) is 1.89. The van der Waals surface area contributed by atoms with Crippen molar-refractivity contribution in [3.8, 4) is 0 Å². The van der Waals surface area contributed by atoms with Gasteiger partial charge in [0.15, 0.2) is 0 Å². The summed E-state index contributed by atoms with van der Waals surface area (Å²) >= 11 is 0. The van der Waals surface area contributed by atoms with Crippen molar-refractivity contribution in [3.63, 3.8) is 0 Å². The molecule has 0 bridgehead atoms. The van der Waals surface area contributed by atoms with Crippen molar-refractivity contribution >= 4 is 33.3 Å². The molecule has 31 heavy (non-hydrogen) atoms. The lowest BCUT2D eigenvalue weighted by molar-refractivity contribution is -0.384. The Bertz CT molecular complexity index is 1170. The highest BCUT2D eigenvalue weighted by molar-refractivity contribution is 7.90. The number of amides is 1. The maximum Gasteiger partial charge on any atom is 0.340 e. The molecule has 1 saturated heterocycles. The van der Waals surface area contributed by atoms with Crippen molar-refractivity contribution in [2.24, 2.45) is 0 Å². The SMILES string of the molecule is O=C(OCCN1C(=O)c2ccccc2S1(=O)=O)c1cc([N+](=O)[O-])ccc1N1CCCC1. The van der Waals surface area contributed by atoms with Gasteiger partial charge in [0.25, 0.3) is 21.6 Å². The molecule has 0 saturated carbocycles. The summed E-state index contributed by atoms with van der Waals surface area (Å²) in [6, 6.07) is 9.87. The van der Waals surface area contributed by atoms with Gasteiger partial charge in [-0.05, 0) is 31.0 Å². The number of nitro groups is 1. The molecule has 11 heteroatoms. The van der Waals surface area contributed by atoms with E-state index in [1.165, 1.54) is 30.3 Å². The predicted octanol–water partition coefficient (Wildman–Crippen LogP) is 2.20. The molecule has 2 aliphatic heterocycles. The first kappa shape index (κ1) is 20.8. The third kappa shape index (κ3) is 3.72. The topological polar surface area (TPSA) is 127 Å². The summed E-state index contributed by atoms with van der Waals surface area (Å²) < 4.78 is 31.0. The largest absolute Gasteiger partial charge is 0.460 e. The van der Waals surface area contributed by atoms with Crippen molar-refractivity contribution in [2.75, 3.05) is 31.1 Å². The second kappa shape index (κ2) is 7.99. The van der Waals surface area contributed by atoms with Crippen molar-refractivity contribution in [1.29, 1.82) is 0 Å². The highest BCUT2D eigenvalue weighted by atomic mass is 32.2. The minimum Gasteiger partial charge on any atom is -0.460 e. The molecule has 2 heterocycles. The summed E-state index contributed by atoms with van der Waals surface area (Å²) in [5.41, 5.74) is 0.395. The van der Waals surface area contributed by atoms with Crippen molar-refractivity contribution in [1.82, 2.24) is 4.31 Å². The molecule has 1 fully saturated rings. The smallest absolute Gasteiger partial charge is 0.340 e. The summed E-state index contributed by atoms with van der Waals surface area (Å²) in [5.74, 6) is -1.49. The van der Waals surface area contributed by atoms with Crippen molar-refractivity contribution in [2.45, 2.75) is 17.7 Å². The lowest BCUT2D eigenvalue weighted by Gasteiger charge is -2.21. The fraction of sp³-hybridized carbons (Fsp3) is 0.300. The average Bonchev–Trinajstić information content (AvgIpc) is 3.35. The molecule has 10 nitrogen and oxygen atoms in total. The molecule has 0 aliphatic carbocycles. The average molecular weight is 445 g/mol. The summed E-state index contributed by atoms with van der Waals surface area (Å²) in [5, 5.41) is 11.1. The Hall–Kier alpha value is -3.47. The van der Waals surface area contributed by atoms with Gasteiger partial charge in [-0.1, -0.05) is 12.1 Å².